The van der Waals surface area contributed by atoms with Crippen molar-refractivity contribution in [2.45, 2.75) is 17.4 Å². The number of carbonyl (C=O) groups is 1. The minimum absolute atomic E-state index is 0. The first kappa shape index (κ1) is 20.0. The van der Waals surface area contributed by atoms with Crippen molar-refractivity contribution < 1.29 is 13.2 Å². The van der Waals surface area contributed by atoms with Gasteiger partial charge in [0.2, 0.25) is 10.0 Å². The summed E-state index contributed by atoms with van der Waals surface area (Å²) < 4.78 is 27.2. The molecule has 6 nitrogen and oxygen atoms in total. The van der Waals surface area contributed by atoms with Gasteiger partial charge in [0.25, 0.3) is 5.91 Å². The second-order valence-electron chi connectivity index (χ2n) is 5.69. The Morgan fingerprint density at radius 3 is 2.71 bits per heavy atom. The van der Waals surface area contributed by atoms with Gasteiger partial charge in [0.1, 0.15) is 9.77 Å². The number of halogens is 1. The van der Waals surface area contributed by atoms with Crippen LogP contribution in [0.5, 0.6) is 0 Å². The number of rotatable bonds is 4. The third-order valence-electron chi connectivity index (χ3n) is 4.31. The number of thiophene rings is 1. The fourth-order valence-electron chi connectivity index (χ4n) is 2.88. The zero-order chi connectivity index (χ0) is 16.4. The maximum absolute atomic E-state index is 12.9. The Hall–Kier alpha value is -0.320. The van der Waals surface area contributed by atoms with Crippen molar-refractivity contribution in [2.24, 2.45) is 0 Å². The quantitative estimate of drug-likeness (QED) is 0.809. The van der Waals surface area contributed by atoms with E-state index < -0.39 is 10.0 Å². The molecule has 2 fully saturated rings. The zero-order valence-corrected chi connectivity index (χ0v) is 16.7. The molecular formula is C14H22ClN3O3S3. The van der Waals surface area contributed by atoms with Crippen molar-refractivity contribution in [3.8, 4) is 0 Å². The summed E-state index contributed by atoms with van der Waals surface area (Å²) in [5, 5.41) is 4.92. The maximum Gasteiger partial charge on any atom is 0.265 e. The molecule has 3 heterocycles. The molecule has 0 saturated carbocycles. The van der Waals surface area contributed by atoms with Gasteiger partial charge in [-0.2, -0.15) is 16.1 Å². The molecule has 1 atom stereocenters. The van der Waals surface area contributed by atoms with Gasteiger partial charge in [-0.05, 0) is 24.4 Å². The maximum atomic E-state index is 12.9. The molecule has 1 N–H and O–H groups in total. The van der Waals surface area contributed by atoms with Crippen LogP contribution in [-0.4, -0.2) is 74.3 Å². The summed E-state index contributed by atoms with van der Waals surface area (Å²) in [4.78, 5) is 14.9. The van der Waals surface area contributed by atoms with Crippen LogP contribution in [0.25, 0.3) is 0 Å². The molecule has 1 unspecified atom stereocenters. The summed E-state index contributed by atoms with van der Waals surface area (Å²) >= 11 is 2.97. The molecule has 1 aromatic heterocycles. The van der Waals surface area contributed by atoms with Gasteiger partial charge in [0.05, 0.1) is 0 Å². The molecular weight excluding hydrogens is 390 g/mol. The van der Waals surface area contributed by atoms with E-state index in [1.165, 1.54) is 15.6 Å². The highest BCUT2D eigenvalue weighted by atomic mass is 35.5. The number of amides is 1. The van der Waals surface area contributed by atoms with E-state index in [0.717, 1.165) is 31.0 Å². The molecule has 1 aromatic rings. The molecule has 2 aliphatic heterocycles. The Bertz CT molecular complexity index is 668. The first-order chi connectivity index (χ1) is 11.0. The number of sulfonamides is 1. The van der Waals surface area contributed by atoms with Crippen LogP contribution in [-0.2, 0) is 10.0 Å². The molecule has 24 heavy (non-hydrogen) atoms. The number of hydrogen-bond acceptors (Lipinski definition) is 6. The Labute approximate surface area is 157 Å². The summed E-state index contributed by atoms with van der Waals surface area (Å²) in [6, 6.07) is 1.70. The first-order valence-electron chi connectivity index (χ1n) is 7.65. The highest BCUT2D eigenvalue weighted by Crippen LogP contribution is 2.28. The van der Waals surface area contributed by atoms with E-state index in [4.69, 9.17) is 0 Å². The average molecular weight is 412 g/mol. The summed E-state index contributed by atoms with van der Waals surface area (Å²) in [5.74, 6) is 1.42. The first-order valence-corrected chi connectivity index (χ1v) is 11.1. The molecule has 0 spiro atoms. The number of likely N-dealkylation sites (N-methyl/N-ethyl adjacent to an activating group) is 1. The van der Waals surface area contributed by atoms with Gasteiger partial charge < -0.3 is 10.2 Å². The van der Waals surface area contributed by atoms with Gasteiger partial charge in [-0.15, -0.1) is 23.7 Å². The minimum atomic E-state index is -3.58. The summed E-state index contributed by atoms with van der Waals surface area (Å²) in [6.07, 6.45) is 0.902. The normalized spacial score (nSPS) is 22.1. The smallest absolute Gasteiger partial charge is 0.265 e. The predicted molar refractivity (Wildman–Crippen MR) is 101 cm³/mol. The predicted octanol–water partition coefficient (Wildman–Crippen LogP) is 1.34. The lowest BCUT2D eigenvalue weighted by atomic mass is 10.2. The van der Waals surface area contributed by atoms with E-state index >= 15 is 0 Å². The van der Waals surface area contributed by atoms with Crippen LogP contribution in [0, 0.1) is 0 Å². The van der Waals surface area contributed by atoms with Crippen LogP contribution in [0.4, 0.5) is 0 Å². The van der Waals surface area contributed by atoms with Gasteiger partial charge in [-0.25, -0.2) is 8.42 Å². The van der Waals surface area contributed by atoms with Crippen molar-refractivity contribution in [2.75, 3.05) is 44.7 Å². The summed E-state index contributed by atoms with van der Waals surface area (Å²) in [6.45, 7) is 2.68. The van der Waals surface area contributed by atoms with Gasteiger partial charge in [-0.1, -0.05) is 0 Å². The third-order valence-corrected chi connectivity index (χ3v) is 8.23. The molecule has 0 bridgehead atoms. The fourth-order valence-corrected chi connectivity index (χ4v) is 6.83. The molecule has 2 saturated heterocycles. The molecule has 10 heteroatoms. The SMILES string of the molecule is CN(C(=O)c1sccc1S(=O)(=O)N1CCSCC1)C1CCNC1.Cl. The van der Waals surface area contributed by atoms with E-state index in [9.17, 15) is 13.2 Å². The van der Waals surface area contributed by atoms with Crippen LogP contribution in [0.3, 0.4) is 0 Å². The highest BCUT2D eigenvalue weighted by Gasteiger charge is 2.33. The van der Waals surface area contributed by atoms with Crippen LogP contribution in [0.2, 0.25) is 0 Å². The molecule has 2 aliphatic rings. The largest absolute Gasteiger partial charge is 0.337 e. The second kappa shape index (κ2) is 8.37. The Morgan fingerprint density at radius 1 is 1.38 bits per heavy atom. The number of hydrogen-bond donors (Lipinski definition) is 1. The molecule has 0 aliphatic carbocycles. The molecule has 1 amide bonds. The second-order valence-corrected chi connectivity index (χ2v) is 9.74. The fraction of sp³-hybridized carbons (Fsp3) is 0.643. The van der Waals surface area contributed by atoms with Gasteiger partial charge in [0.15, 0.2) is 0 Å². The van der Waals surface area contributed by atoms with Gasteiger partial charge in [-0.3, -0.25) is 4.79 Å². The lowest BCUT2D eigenvalue weighted by Crippen LogP contribution is -2.40. The minimum Gasteiger partial charge on any atom is -0.337 e. The van der Waals surface area contributed by atoms with Crippen molar-refractivity contribution in [1.82, 2.24) is 14.5 Å². The number of carbonyl (C=O) groups excluding carboxylic acids is 1. The van der Waals surface area contributed by atoms with Crippen LogP contribution in [0.1, 0.15) is 16.1 Å². The topological polar surface area (TPSA) is 69.7 Å². The zero-order valence-electron chi connectivity index (χ0n) is 13.4. The standard InChI is InChI=1S/C14H21N3O3S3.ClH/c1-16(11-2-4-15-10-11)14(18)13-12(3-7-22-13)23(19,20)17-5-8-21-9-6-17;/h3,7,11,15H,2,4-6,8-10H2,1H3;1H. The molecule has 3 rings (SSSR count). The monoisotopic (exact) mass is 411 g/mol. The van der Waals surface area contributed by atoms with Crippen LogP contribution in [0.15, 0.2) is 16.3 Å². The van der Waals surface area contributed by atoms with Crippen LogP contribution >= 0.6 is 35.5 Å². The van der Waals surface area contributed by atoms with Crippen molar-refractivity contribution >= 4 is 51.4 Å². The van der Waals surface area contributed by atoms with Gasteiger partial charge in [0, 0.05) is 44.2 Å². The van der Waals surface area contributed by atoms with E-state index in [2.05, 4.69) is 5.32 Å². The highest BCUT2D eigenvalue weighted by molar-refractivity contribution is 7.99. The van der Waals surface area contributed by atoms with E-state index in [1.54, 1.807) is 35.2 Å². The average Bonchev–Trinajstić information content (AvgIpc) is 3.25. The number of nitrogens with one attached hydrogen (secondary N) is 1. The van der Waals surface area contributed by atoms with Gasteiger partial charge >= 0.3 is 0 Å². The molecule has 136 valence electrons. The lowest BCUT2D eigenvalue weighted by Gasteiger charge is -2.27. The Morgan fingerprint density at radius 2 is 2.08 bits per heavy atom. The third kappa shape index (κ3) is 3.91. The summed E-state index contributed by atoms with van der Waals surface area (Å²) in [7, 11) is -1.83. The Kier molecular flexibility index (Phi) is 6.98. The van der Waals surface area contributed by atoms with Crippen LogP contribution < -0.4 is 5.32 Å². The van der Waals surface area contributed by atoms with Crippen molar-refractivity contribution in [3.63, 3.8) is 0 Å². The lowest BCUT2D eigenvalue weighted by molar-refractivity contribution is 0.0745. The van der Waals surface area contributed by atoms with E-state index in [0.29, 0.717) is 18.0 Å². The Balaban J connectivity index is 0.00000208. The number of nitrogens with zero attached hydrogens (tertiary/aromatic N) is 2. The van der Waals surface area contributed by atoms with Crippen molar-refractivity contribution in [3.05, 3.63) is 16.3 Å². The summed E-state index contributed by atoms with van der Waals surface area (Å²) in [5.41, 5.74) is 0. The number of thioether (sulfide) groups is 1. The van der Waals surface area contributed by atoms with Crippen molar-refractivity contribution in [1.29, 1.82) is 0 Å². The molecule has 0 aromatic carbocycles. The van der Waals surface area contributed by atoms with E-state index in [1.807, 2.05) is 0 Å². The van der Waals surface area contributed by atoms with E-state index in [-0.39, 0.29) is 29.3 Å². The molecule has 0 radical (unpaired) electrons.